The lowest BCUT2D eigenvalue weighted by Crippen LogP contribution is -2.42. The Hall–Kier alpha value is -2.63. The van der Waals surface area contributed by atoms with Crippen LogP contribution in [0.25, 0.3) is 11.4 Å². The number of benzene rings is 2. The third-order valence-electron chi connectivity index (χ3n) is 5.56. The van der Waals surface area contributed by atoms with E-state index in [0.29, 0.717) is 31.5 Å². The molecule has 5 heteroatoms. The molecule has 0 saturated carbocycles. The number of halogens is 1. The number of nitrogens with zero attached hydrogens (tertiary/aromatic N) is 3. The summed E-state index contributed by atoms with van der Waals surface area (Å²) >= 11 is 0. The molecule has 3 aromatic rings. The SMILES string of the molecule is Cc1ccccc1-c1ncc(CN2CCC(O)(c3ccccc3F)CC2)cn1. The minimum absolute atomic E-state index is 0.335. The van der Waals surface area contributed by atoms with Gasteiger partial charge in [-0.15, -0.1) is 0 Å². The van der Waals surface area contributed by atoms with Gasteiger partial charge in [0, 0.05) is 48.7 Å². The van der Waals surface area contributed by atoms with Crippen LogP contribution in [0.5, 0.6) is 0 Å². The summed E-state index contributed by atoms with van der Waals surface area (Å²) in [5, 5.41) is 10.9. The minimum Gasteiger partial charge on any atom is -0.385 e. The summed E-state index contributed by atoms with van der Waals surface area (Å²) in [5.41, 5.74) is 2.54. The first-order chi connectivity index (χ1) is 13.5. The van der Waals surface area contributed by atoms with Crippen molar-refractivity contribution in [2.45, 2.75) is 31.9 Å². The summed E-state index contributed by atoms with van der Waals surface area (Å²) in [6.07, 6.45) is 4.76. The molecular weight excluding hydrogens is 353 g/mol. The third-order valence-corrected chi connectivity index (χ3v) is 5.56. The Bertz CT molecular complexity index is 950. The van der Waals surface area contributed by atoms with Gasteiger partial charge in [0.1, 0.15) is 5.82 Å². The van der Waals surface area contributed by atoms with E-state index in [1.54, 1.807) is 18.2 Å². The highest BCUT2D eigenvalue weighted by Gasteiger charge is 2.35. The van der Waals surface area contributed by atoms with Crippen LogP contribution >= 0.6 is 0 Å². The van der Waals surface area contributed by atoms with Crippen molar-refractivity contribution in [3.05, 3.63) is 83.4 Å². The molecule has 0 radical (unpaired) electrons. The van der Waals surface area contributed by atoms with Crippen LogP contribution < -0.4 is 0 Å². The molecule has 0 amide bonds. The minimum atomic E-state index is -1.09. The molecule has 0 bridgehead atoms. The molecule has 4 nitrogen and oxygen atoms in total. The average molecular weight is 377 g/mol. The third kappa shape index (κ3) is 3.81. The zero-order valence-electron chi connectivity index (χ0n) is 16.0. The average Bonchev–Trinajstić information content (AvgIpc) is 2.71. The van der Waals surface area contributed by atoms with Crippen molar-refractivity contribution in [3.8, 4) is 11.4 Å². The monoisotopic (exact) mass is 377 g/mol. The second-order valence-electron chi connectivity index (χ2n) is 7.52. The lowest BCUT2D eigenvalue weighted by atomic mass is 9.84. The molecule has 2 heterocycles. The van der Waals surface area contributed by atoms with Gasteiger partial charge in [-0.2, -0.15) is 0 Å². The summed E-state index contributed by atoms with van der Waals surface area (Å²) in [6, 6.07) is 14.6. The predicted octanol–water partition coefficient (Wildman–Crippen LogP) is 4.07. The summed E-state index contributed by atoms with van der Waals surface area (Å²) in [5.74, 6) is 0.396. The summed E-state index contributed by atoms with van der Waals surface area (Å²) in [6.45, 7) is 4.17. The predicted molar refractivity (Wildman–Crippen MR) is 107 cm³/mol. The van der Waals surface area contributed by atoms with Crippen molar-refractivity contribution in [1.29, 1.82) is 0 Å². The Morgan fingerprint density at radius 1 is 1.00 bits per heavy atom. The maximum Gasteiger partial charge on any atom is 0.159 e. The molecule has 2 aromatic carbocycles. The molecule has 28 heavy (non-hydrogen) atoms. The molecule has 144 valence electrons. The quantitative estimate of drug-likeness (QED) is 0.744. The van der Waals surface area contributed by atoms with Crippen molar-refractivity contribution in [2.24, 2.45) is 0 Å². The van der Waals surface area contributed by atoms with Gasteiger partial charge in [0.2, 0.25) is 0 Å². The summed E-state index contributed by atoms with van der Waals surface area (Å²) in [7, 11) is 0. The Morgan fingerprint density at radius 2 is 1.64 bits per heavy atom. The van der Waals surface area contributed by atoms with Crippen LogP contribution in [0.15, 0.2) is 60.9 Å². The van der Waals surface area contributed by atoms with Gasteiger partial charge >= 0.3 is 0 Å². The highest BCUT2D eigenvalue weighted by atomic mass is 19.1. The number of aliphatic hydroxyl groups is 1. The van der Waals surface area contributed by atoms with Crippen LogP contribution in [0.4, 0.5) is 4.39 Å². The van der Waals surface area contributed by atoms with Crippen molar-refractivity contribution < 1.29 is 9.50 Å². The van der Waals surface area contributed by atoms with Crippen molar-refractivity contribution in [3.63, 3.8) is 0 Å². The van der Waals surface area contributed by atoms with E-state index >= 15 is 0 Å². The van der Waals surface area contributed by atoms with E-state index in [1.165, 1.54) is 6.07 Å². The Morgan fingerprint density at radius 3 is 2.32 bits per heavy atom. The zero-order valence-corrected chi connectivity index (χ0v) is 16.0. The lowest BCUT2D eigenvalue weighted by Gasteiger charge is -2.38. The van der Waals surface area contributed by atoms with Gasteiger partial charge in [0.05, 0.1) is 5.60 Å². The van der Waals surface area contributed by atoms with E-state index in [1.807, 2.05) is 30.6 Å². The van der Waals surface area contributed by atoms with Gasteiger partial charge < -0.3 is 5.11 Å². The summed E-state index contributed by atoms with van der Waals surface area (Å²) < 4.78 is 14.1. The molecule has 0 unspecified atom stereocenters. The highest BCUT2D eigenvalue weighted by molar-refractivity contribution is 5.59. The van der Waals surface area contributed by atoms with E-state index in [0.717, 1.165) is 29.1 Å². The molecular formula is C23H24FN3O. The standard InChI is InChI=1S/C23H24FN3O/c1-17-6-2-3-7-19(17)22-25-14-18(15-26-22)16-27-12-10-23(28,11-13-27)20-8-4-5-9-21(20)24/h2-9,14-15,28H,10-13,16H2,1H3. The highest BCUT2D eigenvalue weighted by Crippen LogP contribution is 2.34. The normalized spacial score (nSPS) is 16.8. The molecule has 0 atom stereocenters. The lowest BCUT2D eigenvalue weighted by molar-refractivity contribution is -0.0303. The summed E-state index contributed by atoms with van der Waals surface area (Å²) in [4.78, 5) is 11.3. The number of aryl methyl sites for hydroxylation is 1. The molecule has 1 N–H and O–H groups in total. The fourth-order valence-corrected chi connectivity index (χ4v) is 3.85. The van der Waals surface area contributed by atoms with Crippen LogP contribution in [0.2, 0.25) is 0 Å². The van der Waals surface area contributed by atoms with Gasteiger partial charge in [0.15, 0.2) is 5.82 Å². The topological polar surface area (TPSA) is 49.2 Å². The second kappa shape index (κ2) is 7.78. The maximum atomic E-state index is 14.1. The number of hydrogen-bond donors (Lipinski definition) is 1. The van der Waals surface area contributed by atoms with Gasteiger partial charge in [-0.3, -0.25) is 4.90 Å². The van der Waals surface area contributed by atoms with E-state index in [9.17, 15) is 9.50 Å². The molecule has 0 spiro atoms. The Labute approximate surface area is 164 Å². The van der Waals surface area contributed by atoms with Crippen LogP contribution in [-0.4, -0.2) is 33.1 Å². The molecule has 1 saturated heterocycles. The molecule has 0 aliphatic carbocycles. The van der Waals surface area contributed by atoms with Crippen LogP contribution in [0, 0.1) is 12.7 Å². The van der Waals surface area contributed by atoms with Crippen LogP contribution in [0.1, 0.15) is 29.5 Å². The van der Waals surface area contributed by atoms with Gasteiger partial charge in [0.25, 0.3) is 0 Å². The number of rotatable bonds is 4. The second-order valence-corrected chi connectivity index (χ2v) is 7.52. The number of likely N-dealkylation sites (tertiary alicyclic amines) is 1. The number of piperidine rings is 1. The van der Waals surface area contributed by atoms with Crippen molar-refractivity contribution >= 4 is 0 Å². The fraction of sp³-hybridized carbons (Fsp3) is 0.304. The van der Waals surface area contributed by atoms with E-state index in [2.05, 4.69) is 27.9 Å². The van der Waals surface area contributed by atoms with E-state index < -0.39 is 5.60 Å². The fourth-order valence-electron chi connectivity index (χ4n) is 3.85. The van der Waals surface area contributed by atoms with Crippen molar-refractivity contribution in [2.75, 3.05) is 13.1 Å². The van der Waals surface area contributed by atoms with E-state index in [-0.39, 0.29) is 5.82 Å². The zero-order chi connectivity index (χ0) is 19.6. The maximum absolute atomic E-state index is 14.1. The molecule has 1 aromatic heterocycles. The van der Waals surface area contributed by atoms with Crippen LogP contribution in [0.3, 0.4) is 0 Å². The number of hydrogen-bond acceptors (Lipinski definition) is 4. The van der Waals surface area contributed by atoms with Crippen LogP contribution in [-0.2, 0) is 12.1 Å². The first-order valence-electron chi connectivity index (χ1n) is 9.62. The van der Waals surface area contributed by atoms with Gasteiger partial charge in [-0.1, -0.05) is 42.5 Å². The Balaban J connectivity index is 1.40. The number of aromatic nitrogens is 2. The van der Waals surface area contributed by atoms with E-state index in [4.69, 9.17) is 0 Å². The molecule has 4 rings (SSSR count). The van der Waals surface area contributed by atoms with Crippen molar-refractivity contribution in [1.82, 2.24) is 14.9 Å². The van der Waals surface area contributed by atoms with Gasteiger partial charge in [-0.05, 0) is 31.4 Å². The molecule has 1 aliphatic heterocycles. The van der Waals surface area contributed by atoms with Gasteiger partial charge in [-0.25, -0.2) is 14.4 Å². The molecule has 1 aliphatic rings. The molecule has 1 fully saturated rings. The smallest absolute Gasteiger partial charge is 0.159 e. The first-order valence-corrected chi connectivity index (χ1v) is 9.62. The first kappa shape index (κ1) is 18.7. The largest absolute Gasteiger partial charge is 0.385 e. The Kier molecular flexibility index (Phi) is 5.20.